The average Bonchev–Trinajstić information content (AvgIpc) is 3.49. The van der Waals surface area contributed by atoms with Crippen LogP contribution in [0.15, 0.2) is 18.2 Å². The molecule has 1 atom stereocenters. The van der Waals surface area contributed by atoms with E-state index in [9.17, 15) is 18.0 Å². The molecule has 1 aromatic carbocycles. The number of nitrogens with one attached hydrogen (secondary N) is 2. The molecule has 0 spiro atoms. The molecular weight excluding hydrogens is 466 g/mol. The van der Waals surface area contributed by atoms with Crippen molar-refractivity contribution in [3.05, 3.63) is 28.8 Å². The maximum atomic E-state index is 12.9. The van der Waals surface area contributed by atoms with E-state index < -0.39 is 10.0 Å². The number of rotatable bonds is 13. The van der Waals surface area contributed by atoms with Crippen LogP contribution in [0.2, 0.25) is 5.02 Å². The lowest BCUT2D eigenvalue weighted by Crippen LogP contribution is -2.37. The molecule has 1 aliphatic heterocycles. The van der Waals surface area contributed by atoms with Crippen LogP contribution in [0.4, 0.5) is 4.79 Å². The summed E-state index contributed by atoms with van der Waals surface area (Å²) in [6, 6.07) is 4.90. The number of urea groups is 1. The lowest BCUT2D eigenvalue weighted by Gasteiger charge is -2.34. The van der Waals surface area contributed by atoms with Crippen LogP contribution in [0.25, 0.3) is 0 Å². The van der Waals surface area contributed by atoms with Crippen LogP contribution >= 0.6 is 11.6 Å². The molecule has 3 fully saturated rings. The van der Waals surface area contributed by atoms with E-state index in [-0.39, 0.29) is 36.2 Å². The van der Waals surface area contributed by atoms with Crippen LogP contribution in [0.3, 0.4) is 0 Å². The Labute approximate surface area is 200 Å². The summed E-state index contributed by atoms with van der Waals surface area (Å²) in [5.74, 6) is 1.22. The maximum absolute atomic E-state index is 12.9. The van der Waals surface area contributed by atoms with Gasteiger partial charge in [-0.3, -0.25) is 10.1 Å². The van der Waals surface area contributed by atoms with Crippen LogP contribution in [0.1, 0.15) is 63.0 Å². The average molecular weight is 498 g/mol. The molecule has 2 aliphatic carbocycles. The predicted molar refractivity (Wildman–Crippen MR) is 126 cm³/mol. The summed E-state index contributed by atoms with van der Waals surface area (Å²) in [7, 11) is -3.48. The fourth-order valence-corrected chi connectivity index (χ4v) is 5.80. The van der Waals surface area contributed by atoms with E-state index in [0.717, 1.165) is 24.8 Å². The van der Waals surface area contributed by atoms with Crippen LogP contribution in [-0.2, 0) is 14.8 Å². The lowest BCUT2D eigenvalue weighted by atomic mass is 9.77. The number of hydrogen-bond donors (Lipinski definition) is 2. The number of benzene rings is 1. The normalized spacial score (nSPS) is 20.0. The SMILES string of the molecule is O=C1CN(CCCCCS(=O)(=O)N[C@@H](c2ccc(Cl)c(OCC3CC3)c2)C2CCC2)C(=O)N1. The number of hydrogen-bond acceptors (Lipinski definition) is 5. The van der Waals surface area contributed by atoms with E-state index in [2.05, 4.69) is 10.0 Å². The van der Waals surface area contributed by atoms with Gasteiger partial charge in [-0.25, -0.2) is 17.9 Å². The molecule has 1 heterocycles. The number of ether oxygens (including phenoxy) is 1. The molecule has 2 saturated carbocycles. The number of sulfonamides is 1. The third-order valence-corrected chi connectivity index (χ3v) is 8.37. The Balaban J connectivity index is 1.30. The first kappa shape index (κ1) is 24.3. The second-order valence-corrected chi connectivity index (χ2v) is 11.7. The minimum Gasteiger partial charge on any atom is -0.492 e. The fourth-order valence-electron chi connectivity index (χ4n) is 4.21. The Morgan fingerprint density at radius 3 is 2.58 bits per heavy atom. The van der Waals surface area contributed by atoms with Gasteiger partial charge in [-0.1, -0.05) is 30.5 Å². The fraction of sp³-hybridized carbons (Fsp3) is 0.652. The monoisotopic (exact) mass is 497 g/mol. The molecule has 0 radical (unpaired) electrons. The molecule has 182 valence electrons. The number of nitrogens with zero attached hydrogens (tertiary/aromatic N) is 1. The van der Waals surface area contributed by atoms with Gasteiger partial charge in [-0.15, -0.1) is 0 Å². The minimum absolute atomic E-state index is 0.0278. The van der Waals surface area contributed by atoms with Crippen LogP contribution < -0.4 is 14.8 Å². The zero-order valence-electron chi connectivity index (χ0n) is 18.7. The summed E-state index contributed by atoms with van der Waals surface area (Å²) in [6.45, 7) is 1.18. The van der Waals surface area contributed by atoms with Crippen molar-refractivity contribution in [3.63, 3.8) is 0 Å². The van der Waals surface area contributed by atoms with Crippen molar-refractivity contribution in [2.24, 2.45) is 11.8 Å². The number of imide groups is 1. The number of carbonyl (C=O) groups excluding carboxylic acids is 2. The van der Waals surface area contributed by atoms with Gasteiger partial charge in [0, 0.05) is 12.6 Å². The zero-order valence-corrected chi connectivity index (χ0v) is 20.3. The molecule has 0 unspecified atom stereocenters. The highest BCUT2D eigenvalue weighted by Gasteiger charge is 2.32. The van der Waals surface area contributed by atoms with Crippen molar-refractivity contribution in [1.82, 2.24) is 14.9 Å². The summed E-state index contributed by atoms with van der Waals surface area (Å²) in [5, 5.41) is 2.78. The van der Waals surface area contributed by atoms with Crippen molar-refractivity contribution in [1.29, 1.82) is 0 Å². The molecule has 8 nitrogen and oxygen atoms in total. The van der Waals surface area contributed by atoms with Crippen molar-refractivity contribution in [3.8, 4) is 5.75 Å². The Morgan fingerprint density at radius 1 is 1.15 bits per heavy atom. The molecule has 10 heteroatoms. The molecular formula is C23H32ClN3O5S. The van der Waals surface area contributed by atoms with E-state index in [1.165, 1.54) is 17.7 Å². The predicted octanol–water partition coefficient (Wildman–Crippen LogP) is 3.61. The summed E-state index contributed by atoms with van der Waals surface area (Å²) in [6.07, 6.45) is 7.26. The van der Waals surface area contributed by atoms with Gasteiger partial charge in [-0.2, -0.15) is 0 Å². The van der Waals surface area contributed by atoms with Gasteiger partial charge in [0.25, 0.3) is 0 Å². The van der Waals surface area contributed by atoms with E-state index in [0.29, 0.717) is 49.1 Å². The molecule has 4 rings (SSSR count). The van der Waals surface area contributed by atoms with E-state index in [4.69, 9.17) is 16.3 Å². The lowest BCUT2D eigenvalue weighted by molar-refractivity contribution is -0.118. The summed E-state index contributed by atoms with van der Waals surface area (Å²) >= 11 is 6.32. The quantitative estimate of drug-likeness (QED) is 0.320. The largest absolute Gasteiger partial charge is 0.492 e. The Hall–Kier alpha value is -1.84. The molecule has 33 heavy (non-hydrogen) atoms. The number of unbranched alkanes of at least 4 members (excludes halogenated alkanes) is 2. The second kappa shape index (κ2) is 10.6. The molecule has 1 aromatic rings. The summed E-state index contributed by atoms with van der Waals surface area (Å²) in [5.41, 5.74) is 0.892. The highest BCUT2D eigenvalue weighted by molar-refractivity contribution is 7.89. The van der Waals surface area contributed by atoms with Gasteiger partial charge >= 0.3 is 6.03 Å². The molecule has 1 saturated heterocycles. The van der Waals surface area contributed by atoms with Crippen LogP contribution in [0, 0.1) is 11.8 Å². The molecule has 0 bridgehead atoms. The van der Waals surface area contributed by atoms with Gasteiger partial charge in [0.15, 0.2) is 0 Å². The second-order valence-electron chi connectivity index (χ2n) is 9.39. The number of carbonyl (C=O) groups is 2. The van der Waals surface area contributed by atoms with Gasteiger partial charge in [0.2, 0.25) is 15.9 Å². The third kappa shape index (κ3) is 6.83. The molecule has 3 amide bonds. The summed E-state index contributed by atoms with van der Waals surface area (Å²) in [4.78, 5) is 24.2. The first-order valence-electron chi connectivity index (χ1n) is 11.8. The minimum atomic E-state index is -3.48. The molecule has 0 aromatic heterocycles. The summed E-state index contributed by atoms with van der Waals surface area (Å²) < 4.78 is 34.6. The first-order valence-corrected chi connectivity index (χ1v) is 13.8. The van der Waals surface area contributed by atoms with Crippen molar-refractivity contribution in [2.75, 3.05) is 25.4 Å². The van der Waals surface area contributed by atoms with Gasteiger partial charge in [-0.05, 0) is 68.1 Å². The first-order chi connectivity index (χ1) is 15.8. The highest BCUT2D eigenvalue weighted by Crippen LogP contribution is 2.40. The van der Waals surface area contributed by atoms with Gasteiger partial charge in [0.05, 0.1) is 17.4 Å². The Kier molecular flexibility index (Phi) is 7.81. The van der Waals surface area contributed by atoms with Crippen molar-refractivity contribution in [2.45, 2.75) is 57.4 Å². The Morgan fingerprint density at radius 2 is 1.94 bits per heavy atom. The Bertz CT molecular complexity index is 978. The van der Waals surface area contributed by atoms with Crippen LogP contribution in [-0.4, -0.2) is 50.7 Å². The van der Waals surface area contributed by atoms with Crippen molar-refractivity contribution >= 4 is 33.6 Å². The van der Waals surface area contributed by atoms with E-state index in [1.807, 2.05) is 12.1 Å². The molecule has 2 N–H and O–H groups in total. The van der Waals surface area contributed by atoms with Crippen LogP contribution in [0.5, 0.6) is 5.75 Å². The number of amides is 3. The standard InChI is InChI=1S/C23H32ClN3O5S/c24-19-10-9-18(13-20(19)32-15-16-7-8-16)22(17-5-4-6-17)26-33(30,31)12-3-1-2-11-27-14-21(28)25-23(27)29/h9-10,13,16-17,22,26H,1-8,11-12,14-15H2,(H,25,28,29)/t22-/m1/s1. The van der Waals surface area contributed by atoms with E-state index in [1.54, 1.807) is 6.07 Å². The smallest absolute Gasteiger partial charge is 0.324 e. The third-order valence-electron chi connectivity index (χ3n) is 6.62. The van der Waals surface area contributed by atoms with Gasteiger partial charge in [0.1, 0.15) is 12.3 Å². The van der Waals surface area contributed by atoms with E-state index >= 15 is 0 Å². The highest BCUT2D eigenvalue weighted by atomic mass is 35.5. The topological polar surface area (TPSA) is 105 Å². The van der Waals surface area contributed by atoms with Crippen molar-refractivity contribution < 1.29 is 22.7 Å². The zero-order chi connectivity index (χ0) is 23.4. The van der Waals surface area contributed by atoms with Gasteiger partial charge < -0.3 is 9.64 Å². The number of halogens is 1. The molecule has 3 aliphatic rings. The maximum Gasteiger partial charge on any atom is 0.324 e.